The number of ether oxygens (including phenoxy) is 1. The van der Waals surface area contributed by atoms with Crippen LogP contribution >= 0.6 is 0 Å². The lowest BCUT2D eigenvalue weighted by atomic mass is 9.85. The van der Waals surface area contributed by atoms with E-state index in [4.69, 9.17) is 4.74 Å². The number of imide groups is 2. The molecule has 4 N–H and O–H groups in total. The molecular formula is C51H59N7O8. The third-order valence-electron chi connectivity index (χ3n) is 13.1. The number of pyridine rings is 1. The van der Waals surface area contributed by atoms with Crippen molar-refractivity contribution in [2.45, 2.75) is 66.5 Å². The van der Waals surface area contributed by atoms with Gasteiger partial charge in [0.25, 0.3) is 11.8 Å². The van der Waals surface area contributed by atoms with Crippen LogP contribution in [0.5, 0.6) is 0 Å². The fourth-order valence-electron chi connectivity index (χ4n) is 9.28. The predicted octanol–water partition coefficient (Wildman–Crippen LogP) is 6.40. The highest BCUT2D eigenvalue weighted by atomic mass is 16.5. The van der Waals surface area contributed by atoms with E-state index < -0.39 is 5.91 Å². The molecule has 1 saturated heterocycles. The fraction of sp³-hybridized carbons (Fsp3) is 0.412. The van der Waals surface area contributed by atoms with Crippen LogP contribution in [0, 0.1) is 34.5 Å². The first-order valence-electron chi connectivity index (χ1n) is 22.5. The minimum absolute atomic E-state index is 0.0699. The van der Waals surface area contributed by atoms with Crippen LogP contribution in [0.1, 0.15) is 90.5 Å². The van der Waals surface area contributed by atoms with Gasteiger partial charge in [-0.2, -0.15) is 0 Å². The number of nitrogens with zero attached hydrogens (tertiary/aromatic N) is 3. The first kappa shape index (κ1) is 47.4. The first-order chi connectivity index (χ1) is 31.5. The van der Waals surface area contributed by atoms with Crippen LogP contribution in [0.15, 0.2) is 85.1 Å². The lowest BCUT2D eigenvalue weighted by molar-refractivity contribution is -0.126. The summed E-state index contributed by atoms with van der Waals surface area (Å²) in [6.45, 7) is 12.7. The van der Waals surface area contributed by atoms with E-state index in [1.807, 2.05) is 24.3 Å². The van der Waals surface area contributed by atoms with Gasteiger partial charge in [0.15, 0.2) is 6.29 Å². The molecule has 15 heteroatoms. The van der Waals surface area contributed by atoms with Gasteiger partial charge < -0.3 is 25.6 Å². The van der Waals surface area contributed by atoms with E-state index in [2.05, 4.69) is 66.1 Å². The standard InChI is InChI=1S/C51H59N7O8/c1-31(13-20-41(61)55-30-60)57(6)47(63)42-36(25-59)9-7-11-39(42)54-27-51(4,5)29-66-28-50(2,3)26-52-24-35-21-22-53-45-38(35)10-8-12-40(45)56-46(62)32-16-18-37(19-17-32)58-48(64)43-33-14-15-34(23-33)44(43)49(58)65/h7-12,14-19,21-22,25,30-31,33-34,43-44,52,54H,13,20,23-24,26-29H2,1-6H3,(H,56,62)(H,55,60,61)/t31?,33-,34+,43-,44+. The molecule has 2 fully saturated rings. The molecule has 346 valence electrons. The number of carbonyl (C=O) groups excluding carboxylic acids is 7. The number of fused-ring (bicyclic) bond motifs is 6. The van der Waals surface area contributed by atoms with E-state index in [1.165, 1.54) is 9.80 Å². The minimum Gasteiger partial charge on any atom is -0.384 e. The monoisotopic (exact) mass is 897 g/mol. The Hall–Kier alpha value is -6.58. The topological polar surface area (TPSA) is 196 Å². The van der Waals surface area contributed by atoms with Crippen LogP contribution in [0.3, 0.4) is 0 Å². The highest BCUT2D eigenvalue weighted by Gasteiger charge is 2.59. The van der Waals surface area contributed by atoms with E-state index in [0.717, 1.165) is 17.4 Å². The summed E-state index contributed by atoms with van der Waals surface area (Å²) in [5.41, 5.74) is 3.51. The second-order valence-corrected chi connectivity index (χ2v) is 19.3. The highest BCUT2D eigenvalue weighted by molar-refractivity contribution is 6.23. The van der Waals surface area contributed by atoms with Crippen LogP contribution in [0.25, 0.3) is 10.9 Å². The number of para-hydroxylation sites is 1. The Kier molecular flexibility index (Phi) is 14.3. The number of allylic oxidation sites excluding steroid dienone is 2. The quantitative estimate of drug-likeness (QED) is 0.0411. The van der Waals surface area contributed by atoms with Gasteiger partial charge in [0, 0.05) is 78.4 Å². The molecule has 0 spiro atoms. The van der Waals surface area contributed by atoms with E-state index in [9.17, 15) is 33.6 Å². The van der Waals surface area contributed by atoms with Crippen molar-refractivity contribution in [2.24, 2.45) is 34.5 Å². The Bertz CT molecular complexity index is 2520. The molecule has 2 bridgehead atoms. The maximum atomic E-state index is 13.7. The molecule has 1 unspecified atom stereocenters. The Labute approximate surface area is 385 Å². The number of hydrogen-bond donors (Lipinski definition) is 4. The lowest BCUT2D eigenvalue weighted by Crippen LogP contribution is -2.37. The highest BCUT2D eigenvalue weighted by Crippen LogP contribution is 2.53. The van der Waals surface area contributed by atoms with E-state index >= 15 is 0 Å². The summed E-state index contributed by atoms with van der Waals surface area (Å²) in [7, 11) is 1.63. The number of hydrogen-bond acceptors (Lipinski definition) is 11. The predicted molar refractivity (Wildman–Crippen MR) is 252 cm³/mol. The van der Waals surface area contributed by atoms with E-state index in [-0.39, 0.29) is 81.7 Å². The molecule has 5 atom stereocenters. The van der Waals surface area contributed by atoms with Crippen molar-refractivity contribution in [1.82, 2.24) is 20.5 Å². The molecule has 3 aliphatic rings. The van der Waals surface area contributed by atoms with Crippen LogP contribution in [-0.4, -0.2) is 91.5 Å². The van der Waals surface area contributed by atoms with Crippen molar-refractivity contribution in [3.05, 3.63) is 107 Å². The van der Waals surface area contributed by atoms with Crippen molar-refractivity contribution in [2.75, 3.05) is 48.9 Å². The van der Waals surface area contributed by atoms with Gasteiger partial charge in [-0.05, 0) is 79.6 Å². The zero-order valence-electron chi connectivity index (χ0n) is 38.4. The number of aldehydes is 1. The van der Waals surface area contributed by atoms with Crippen molar-refractivity contribution in [3.8, 4) is 0 Å². The number of benzene rings is 3. The number of nitrogens with one attached hydrogen (secondary N) is 4. The van der Waals surface area contributed by atoms with Gasteiger partial charge in [0.1, 0.15) is 0 Å². The molecule has 7 rings (SSSR count). The fourth-order valence-corrected chi connectivity index (χ4v) is 9.28. The molecule has 0 radical (unpaired) electrons. The molecule has 6 amide bonds. The van der Waals surface area contributed by atoms with Crippen molar-refractivity contribution < 1.29 is 38.3 Å². The van der Waals surface area contributed by atoms with Crippen LogP contribution in [-0.2, 0) is 30.5 Å². The zero-order chi connectivity index (χ0) is 47.3. The molecule has 66 heavy (non-hydrogen) atoms. The minimum atomic E-state index is -0.428. The third-order valence-corrected chi connectivity index (χ3v) is 13.1. The Balaban J connectivity index is 0.893. The van der Waals surface area contributed by atoms with Crippen molar-refractivity contribution >= 4 is 70.2 Å². The summed E-state index contributed by atoms with van der Waals surface area (Å²) in [6, 6.07) is 18.9. The molecular weight excluding hydrogens is 839 g/mol. The lowest BCUT2D eigenvalue weighted by Gasteiger charge is -2.30. The molecule has 2 aliphatic carbocycles. The second-order valence-electron chi connectivity index (χ2n) is 19.3. The van der Waals surface area contributed by atoms with Crippen LogP contribution in [0.4, 0.5) is 17.1 Å². The summed E-state index contributed by atoms with van der Waals surface area (Å²) < 4.78 is 6.29. The molecule has 1 saturated carbocycles. The number of amides is 6. The van der Waals surface area contributed by atoms with E-state index in [1.54, 1.807) is 62.6 Å². The van der Waals surface area contributed by atoms with Gasteiger partial charge in [-0.15, -0.1) is 0 Å². The summed E-state index contributed by atoms with van der Waals surface area (Å²) in [5.74, 6) is -1.77. The number of anilines is 3. The normalized spacial score (nSPS) is 19.2. The molecule has 3 aromatic carbocycles. The molecule has 1 aromatic heterocycles. The number of aromatic nitrogens is 1. The Morgan fingerprint density at radius 2 is 1.53 bits per heavy atom. The zero-order valence-corrected chi connectivity index (χ0v) is 38.4. The maximum Gasteiger partial charge on any atom is 0.256 e. The summed E-state index contributed by atoms with van der Waals surface area (Å²) in [6.07, 6.45) is 8.13. The summed E-state index contributed by atoms with van der Waals surface area (Å²) in [5, 5.41) is 13.0. The van der Waals surface area contributed by atoms with E-state index in [0.29, 0.717) is 80.1 Å². The van der Waals surface area contributed by atoms with Gasteiger partial charge >= 0.3 is 0 Å². The second kappa shape index (κ2) is 19.9. The Morgan fingerprint density at radius 3 is 2.20 bits per heavy atom. The Morgan fingerprint density at radius 1 is 0.879 bits per heavy atom. The maximum absolute atomic E-state index is 13.7. The average Bonchev–Trinajstić information content (AvgIpc) is 4.00. The van der Waals surface area contributed by atoms with Crippen LogP contribution in [0.2, 0.25) is 0 Å². The van der Waals surface area contributed by atoms with Gasteiger partial charge in [-0.3, -0.25) is 48.8 Å². The van der Waals surface area contributed by atoms with Crippen molar-refractivity contribution in [1.29, 1.82) is 0 Å². The number of carbonyl (C=O) groups is 7. The smallest absolute Gasteiger partial charge is 0.256 e. The summed E-state index contributed by atoms with van der Waals surface area (Å²) >= 11 is 0. The van der Waals surface area contributed by atoms with Gasteiger partial charge in [-0.1, -0.05) is 64.1 Å². The molecule has 4 aromatic rings. The number of rotatable bonds is 21. The largest absolute Gasteiger partial charge is 0.384 e. The first-order valence-corrected chi connectivity index (χ1v) is 22.5. The van der Waals surface area contributed by atoms with Gasteiger partial charge in [0.2, 0.25) is 24.1 Å². The van der Waals surface area contributed by atoms with Crippen molar-refractivity contribution in [3.63, 3.8) is 0 Å². The summed E-state index contributed by atoms with van der Waals surface area (Å²) in [4.78, 5) is 95.6. The van der Waals surface area contributed by atoms with Crippen LogP contribution < -0.4 is 26.2 Å². The molecule has 15 nitrogen and oxygen atoms in total. The van der Waals surface area contributed by atoms with Gasteiger partial charge in [-0.25, -0.2) is 0 Å². The molecule has 1 aliphatic heterocycles. The van der Waals surface area contributed by atoms with Gasteiger partial charge in [0.05, 0.1) is 47.5 Å². The third kappa shape index (κ3) is 10.3. The molecule has 2 heterocycles. The average molecular weight is 898 g/mol. The SMILES string of the molecule is CC(CCC(=O)NC=O)N(C)C(=O)c1c(C=O)cccc1NCC(C)(C)COCC(C)(C)CNCc1ccnc2c(NC(=O)c3ccc(N4C(=O)[C@@H]5[C@H](C4=O)[C@@H]4C=C[C@H]5C4)cc3)cccc12.